The van der Waals surface area contributed by atoms with Gasteiger partial charge in [-0.15, -0.1) is 0 Å². The Labute approximate surface area is 147 Å². The van der Waals surface area contributed by atoms with Crippen LogP contribution in [0.3, 0.4) is 0 Å². The van der Waals surface area contributed by atoms with E-state index in [0.29, 0.717) is 10.8 Å². The molecular formula is C21H46N2. The SMILES string of the molecule is CCC(C)(C)CN(C)C(C)(C)CCCC(C)(C)CNC(C)(C)C. The molecule has 0 radical (unpaired) electrons. The Kier molecular flexibility index (Phi) is 8.31. The van der Waals surface area contributed by atoms with E-state index in [9.17, 15) is 0 Å². The number of hydrogen-bond acceptors (Lipinski definition) is 2. The molecule has 0 aliphatic heterocycles. The van der Waals surface area contributed by atoms with Crippen molar-refractivity contribution in [1.82, 2.24) is 10.2 Å². The van der Waals surface area contributed by atoms with Crippen LogP contribution in [0.25, 0.3) is 0 Å². The van der Waals surface area contributed by atoms with Crippen LogP contribution in [-0.2, 0) is 0 Å². The summed E-state index contributed by atoms with van der Waals surface area (Å²) in [6.07, 6.45) is 5.08. The molecule has 0 aromatic heterocycles. The number of rotatable bonds is 10. The second-order valence-corrected chi connectivity index (χ2v) is 10.8. The third-order valence-electron chi connectivity index (χ3n) is 5.40. The molecule has 1 N–H and O–H groups in total. The summed E-state index contributed by atoms with van der Waals surface area (Å²) >= 11 is 0. The first-order chi connectivity index (χ1) is 10.1. The fourth-order valence-electron chi connectivity index (χ4n) is 2.75. The molecule has 0 heterocycles. The van der Waals surface area contributed by atoms with E-state index in [2.05, 4.69) is 86.5 Å². The Morgan fingerprint density at radius 1 is 0.783 bits per heavy atom. The van der Waals surface area contributed by atoms with E-state index in [-0.39, 0.29) is 11.1 Å². The molecule has 0 aliphatic rings. The minimum absolute atomic E-state index is 0.211. The summed E-state index contributed by atoms with van der Waals surface area (Å²) < 4.78 is 0. The van der Waals surface area contributed by atoms with Crippen LogP contribution in [0.5, 0.6) is 0 Å². The first-order valence-electron chi connectivity index (χ1n) is 9.57. The van der Waals surface area contributed by atoms with Gasteiger partial charge in [-0.2, -0.15) is 0 Å². The lowest BCUT2D eigenvalue weighted by Gasteiger charge is -2.41. The first kappa shape index (κ1) is 22.9. The molecule has 0 bridgehead atoms. The van der Waals surface area contributed by atoms with Gasteiger partial charge < -0.3 is 10.2 Å². The maximum Gasteiger partial charge on any atom is 0.0150 e. The van der Waals surface area contributed by atoms with Crippen LogP contribution in [0.4, 0.5) is 0 Å². The largest absolute Gasteiger partial charge is 0.312 e. The van der Waals surface area contributed by atoms with Crippen LogP contribution in [-0.4, -0.2) is 36.1 Å². The third-order valence-corrected chi connectivity index (χ3v) is 5.40. The maximum absolute atomic E-state index is 3.66. The lowest BCUT2D eigenvalue weighted by atomic mass is 9.82. The van der Waals surface area contributed by atoms with Crippen LogP contribution < -0.4 is 5.32 Å². The van der Waals surface area contributed by atoms with E-state index < -0.39 is 0 Å². The summed E-state index contributed by atoms with van der Waals surface area (Å²) in [6, 6.07) is 0. The highest BCUT2D eigenvalue weighted by molar-refractivity contribution is 4.85. The fourth-order valence-corrected chi connectivity index (χ4v) is 2.75. The molecule has 0 aliphatic carbocycles. The molecule has 0 aromatic rings. The van der Waals surface area contributed by atoms with Gasteiger partial charge in [-0.1, -0.05) is 41.0 Å². The van der Waals surface area contributed by atoms with Crippen LogP contribution in [0.15, 0.2) is 0 Å². The zero-order valence-corrected chi connectivity index (χ0v) is 18.2. The minimum atomic E-state index is 0.211. The molecule has 140 valence electrons. The molecule has 23 heavy (non-hydrogen) atoms. The van der Waals surface area contributed by atoms with Gasteiger partial charge >= 0.3 is 0 Å². The van der Waals surface area contributed by atoms with Crippen molar-refractivity contribution in [2.45, 2.75) is 106 Å². The minimum Gasteiger partial charge on any atom is -0.312 e. The van der Waals surface area contributed by atoms with Gasteiger partial charge in [0.25, 0.3) is 0 Å². The summed E-state index contributed by atoms with van der Waals surface area (Å²) in [4.78, 5) is 2.57. The smallest absolute Gasteiger partial charge is 0.0150 e. The fraction of sp³-hybridized carbons (Fsp3) is 1.00. The topological polar surface area (TPSA) is 15.3 Å². The van der Waals surface area contributed by atoms with E-state index in [4.69, 9.17) is 0 Å². The van der Waals surface area contributed by atoms with Crippen molar-refractivity contribution in [3.8, 4) is 0 Å². The highest BCUT2D eigenvalue weighted by atomic mass is 15.2. The van der Waals surface area contributed by atoms with Gasteiger partial charge in [0, 0.05) is 24.2 Å². The van der Waals surface area contributed by atoms with Gasteiger partial charge in [0.1, 0.15) is 0 Å². The van der Waals surface area contributed by atoms with Gasteiger partial charge in [0.2, 0.25) is 0 Å². The van der Waals surface area contributed by atoms with Crippen LogP contribution >= 0.6 is 0 Å². The molecule has 0 spiro atoms. The summed E-state index contributed by atoms with van der Waals surface area (Å²) in [5, 5.41) is 3.66. The summed E-state index contributed by atoms with van der Waals surface area (Å²) in [7, 11) is 2.30. The van der Waals surface area contributed by atoms with Crippen molar-refractivity contribution in [3.63, 3.8) is 0 Å². The molecule has 0 atom stereocenters. The van der Waals surface area contributed by atoms with Gasteiger partial charge in [0.15, 0.2) is 0 Å². The zero-order valence-electron chi connectivity index (χ0n) is 18.2. The molecule has 0 aromatic carbocycles. The van der Waals surface area contributed by atoms with E-state index in [1.54, 1.807) is 0 Å². The van der Waals surface area contributed by atoms with E-state index >= 15 is 0 Å². The maximum atomic E-state index is 3.66. The number of hydrogen-bond donors (Lipinski definition) is 1. The molecule has 0 saturated heterocycles. The molecule has 0 unspecified atom stereocenters. The molecular weight excluding hydrogens is 280 g/mol. The van der Waals surface area contributed by atoms with Gasteiger partial charge in [-0.05, 0) is 71.8 Å². The summed E-state index contributed by atoms with van der Waals surface area (Å²) in [6.45, 7) is 25.6. The Hall–Kier alpha value is -0.0800. The predicted molar refractivity (Wildman–Crippen MR) is 106 cm³/mol. The third kappa shape index (κ3) is 10.4. The van der Waals surface area contributed by atoms with Gasteiger partial charge in [-0.25, -0.2) is 0 Å². The molecule has 2 heteroatoms. The highest BCUT2D eigenvalue weighted by Crippen LogP contribution is 2.30. The van der Waals surface area contributed by atoms with E-state index in [1.165, 1.54) is 32.2 Å². The second-order valence-electron chi connectivity index (χ2n) is 10.8. The summed E-state index contributed by atoms with van der Waals surface area (Å²) in [5.41, 5.74) is 1.26. The number of nitrogens with one attached hydrogen (secondary N) is 1. The van der Waals surface area contributed by atoms with E-state index in [0.717, 1.165) is 6.54 Å². The lowest BCUT2D eigenvalue weighted by Crippen LogP contribution is -2.46. The zero-order chi connectivity index (χ0) is 18.5. The number of nitrogens with zero attached hydrogens (tertiary/aromatic N) is 1. The van der Waals surface area contributed by atoms with Crippen molar-refractivity contribution in [2.24, 2.45) is 10.8 Å². The van der Waals surface area contributed by atoms with Crippen molar-refractivity contribution < 1.29 is 0 Å². The second kappa shape index (κ2) is 8.34. The Morgan fingerprint density at radius 2 is 1.30 bits per heavy atom. The Bertz CT molecular complexity index is 334. The molecule has 0 fully saturated rings. The molecule has 0 saturated carbocycles. The highest BCUT2D eigenvalue weighted by Gasteiger charge is 2.29. The van der Waals surface area contributed by atoms with Crippen molar-refractivity contribution in [3.05, 3.63) is 0 Å². The standard InChI is InChI=1S/C21H46N2/c1-12-19(5,6)17-23(11)21(9,10)15-13-14-20(7,8)16-22-18(2,3)4/h22H,12-17H2,1-11H3. The average molecular weight is 327 g/mol. The van der Waals surface area contributed by atoms with Crippen LogP contribution in [0.1, 0.15) is 94.9 Å². The van der Waals surface area contributed by atoms with Crippen molar-refractivity contribution >= 4 is 0 Å². The van der Waals surface area contributed by atoms with E-state index in [1.807, 2.05) is 0 Å². The van der Waals surface area contributed by atoms with Gasteiger partial charge in [-0.3, -0.25) is 0 Å². The quantitative estimate of drug-likeness (QED) is 0.552. The van der Waals surface area contributed by atoms with Gasteiger partial charge in [0.05, 0.1) is 0 Å². The monoisotopic (exact) mass is 326 g/mol. The Balaban J connectivity index is 4.37. The normalized spacial score (nSPS) is 14.6. The predicted octanol–water partition coefficient (Wildman–Crippen LogP) is 5.72. The van der Waals surface area contributed by atoms with Crippen LogP contribution in [0.2, 0.25) is 0 Å². The van der Waals surface area contributed by atoms with Crippen LogP contribution in [0, 0.1) is 10.8 Å². The molecule has 0 rings (SSSR count). The Morgan fingerprint density at radius 3 is 1.74 bits per heavy atom. The molecule has 2 nitrogen and oxygen atoms in total. The lowest BCUT2D eigenvalue weighted by molar-refractivity contribution is 0.0870. The molecule has 0 amide bonds. The van der Waals surface area contributed by atoms with Crippen molar-refractivity contribution in [2.75, 3.05) is 20.1 Å². The first-order valence-corrected chi connectivity index (χ1v) is 9.57. The van der Waals surface area contributed by atoms with Crippen molar-refractivity contribution in [1.29, 1.82) is 0 Å². The average Bonchev–Trinajstić information content (AvgIpc) is 2.35. The summed E-state index contributed by atoms with van der Waals surface area (Å²) in [5.74, 6) is 0.